The molecular weight excluding hydrogens is 320 g/mol. The van der Waals surface area contributed by atoms with Crippen molar-refractivity contribution in [3.63, 3.8) is 0 Å². The zero-order valence-electron chi connectivity index (χ0n) is 13.7. The van der Waals surface area contributed by atoms with Crippen LogP contribution in [0.15, 0.2) is 53.7 Å². The minimum atomic E-state index is -0.385. The molecule has 0 saturated heterocycles. The summed E-state index contributed by atoms with van der Waals surface area (Å²) in [6, 6.07) is 11.8. The number of amides is 1. The molecule has 0 spiro atoms. The number of nitrogens with zero attached hydrogens (tertiary/aromatic N) is 3. The first-order valence-corrected chi connectivity index (χ1v) is 7.82. The average Bonchev–Trinajstić information content (AvgIpc) is 2.96. The lowest BCUT2D eigenvalue weighted by Gasteiger charge is -2.07. The summed E-state index contributed by atoms with van der Waals surface area (Å²) in [5.41, 5.74) is 1.01. The van der Waals surface area contributed by atoms with Crippen LogP contribution in [0.25, 0.3) is 5.82 Å². The minimum absolute atomic E-state index is 0.171. The van der Waals surface area contributed by atoms with Crippen molar-refractivity contribution >= 4 is 17.4 Å². The highest BCUT2D eigenvalue weighted by Crippen LogP contribution is 2.09. The number of anilines is 2. The number of aromatic nitrogens is 4. The van der Waals surface area contributed by atoms with Crippen LogP contribution in [0.1, 0.15) is 12.5 Å². The average molecular weight is 338 g/mol. The van der Waals surface area contributed by atoms with Gasteiger partial charge in [0, 0.05) is 25.7 Å². The van der Waals surface area contributed by atoms with Crippen LogP contribution in [-0.4, -0.2) is 32.2 Å². The molecule has 1 amide bonds. The summed E-state index contributed by atoms with van der Waals surface area (Å²) in [5.74, 6) is 0.691. The van der Waals surface area contributed by atoms with Gasteiger partial charge in [0.05, 0.1) is 0 Å². The molecule has 25 heavy (non-hydrogen) atoms. The summed E-state index contributed by atoms with van der Waals surface area (Å²) >= 11 is 0. The van der Waals surface area contributed by atoms with E-state index >= 15 is 0 Å². The van der Waals surface area contributed by atoms with Crippen molar-refractivity contribution in [1.29, 1.82) is 0 Å². The Labute approximate surface area is 143 Å². The first kappa shape index (κ1) is 16.4. The third kappa shape index (κ3) is 4.11. The number of carbonyl (C=O) groups excluding carboxylic acids is 1. The van der Waals surface area contributed by atoms with E-state index in [4.69, 9.17) is 0 Å². The van der Waals surface area contributed by atoms with Gasteiger partial charge < -0.3 is 10.6 Å². The monoisotopic (exact) mass is 338 g/mol. The van der Waals surface area contributed by atoms with Crippen molar-refractivity contribution in [3.05, 3.63) is 64.8 Å². The van der Waals surface area contributed by atoms with Gasteiger partial charge in [-0.05, 0) is 12.0 Å². The molecule has 8 heteroatoms. The molecule has 0 aliphatic carbocycles. The highest BCUT2D eigenvalue weighted by Gasteiger charge is 2.10. The smallest absolute Gasteiger partial charge is 0.296 e. The molecule has 128 valence electrons. The van der Waals surface area contributed by atoms with E-state index in [0.717, 1.165) is 6.42 Å². The van der Waals surface area contributed by atoms with Crippen LogP contribution in [0, 0.1) is 0 Å². The Morgan fingerprint density at radius 1 is 1.24 bits per heavy atom. The molecule has 8 nitrogen and oxygen atoms in total. The van der Waals surface area contributed by atoms with E-state index in [2.05, 4.69) is 37.8 Å². The quantitative estimate of drug-likeness (QED) is 0.633. The van der Waals surface area contributed by atoms with Gasteiger partial charge in [0.15, 0.2) is 5.82 Å². The van der Waals surface area contributed by atoms with Crippen LogP contribution in [0.4, 0.5) is 11.5 Å². The van der Waals surface area contributed by atoms with Gasteiger partial charge in [-0.15, -0.1) is 0 Å². The molecule has 0 radical (unpaired) electrons. The van der Waals surface area contributed by atoms with Gasteiger partial charge in [-0.1, -0.05) is 30.3 Å². The van der Waals surface area contributed by atoms with Gasteiger partial charge >= 0.3 is 0 Å². The molecule has 2 heterocycles. The minimum Gasteiger partial charge on any atom is -0.370 e. The SMILES string of the molecule is CC(=O)Nc1c[nH]n(-c2cc(NCCc3ccccc3)ncn2)c1=O. The van der Waals surface area contributed by atoms with E-state index in [0.29, 0.717) is 18.2 Å². The molecule has 0 bridgehead atoms. The predicted molar refractivity (Wildman–Crippen MR) is 94.9 cm³/mol. The Balaban J connectivity index is 1.70. The second-order valence-electron chi connectivity index (χ2n) is 5.43. The summed E-state index contributed by atoms with van der Waals surface area (Å²) in [6.45, 7) is 2.05. The molecule has 0 aliphatic rings. The summed E-state index contributed by atoms with van der Waals surface area (Å²) in [7, 11) is 0. The fraction of sp³-hybridized carbons (Fsp3) is 0.176. The van der Waals surface area contributed by atoms with Crippen LogP contribution in [0.2, 0.25) is 0 Å². The Bertz CT molecular complexity index is 916. The largest absolute Gasteiger partial charge is 0.370 e. The zero-order valence-corrected chi connectivity index (χ0v) is 13.7. The van der Waals surface area contributed by atoms with Crippen LogP contribution < -0.4 is 16.2 Å². The van der Waals surface area contributed by atoms with E-state index < -0.39 is 0 Å². The van der Waals surface area contributed by atoms with E-state index in [1.54, 1.807) is 6.07 Å². The van der Waals surface area contributed by atoms with E-state index in [-0.39, 0.29) is 17.2 Å². The molecule has 2 aromatic heterocycles. The second kappa shape index (κ2) is 7.43. The molecular formula is C17H18N6O2. The molecule has 0 aliphatic heterocycles. The van der Waals surface area contributed by atoms with Gasteiger partial charge in [0.25, 0.3) is 5.56 Å². The summed E-state index contributed by atoms with van der Waals surface area (Å²) in [4.78, 5) is 31.6. The summed E-state index contributed by atoms with van der Waals surface area (Å²) in [5, 5.41) is 8.46. The van der Waals surface area contributed by atoms with Gasteiger partial charge in [-0.2, -0.15) is 4.68 Å². The standard InChI is InChI=1S/C17H18N6O2/c1-12(24)22-14-10-21-23(17(14)25)16-9-15(19-11-20-16)18-8-7-13-5-3-2-4-6-13/h2-6,9-11,21H,7-8H2,1H3,(H,22,24)(H,18,19,20). The van der Waals surface area contributed by atoms with Crippen molar-refractivity contribution < 1.29 is 4.79 Å². The molecule has 0 fully saturated rings. The Morgan fingerprint density at radius 2 is 2.04 bits per heavy atom. The molecule has 3 aromatic rings. The number of carbonyl (C=O) groups is 1. The number of H-pyrrole nitrogens is 1. The summed E-state index contributed by atoms with van der Waals surface area (Å²) in [6.07, 6.45) is 3.66. The Kier molecular flexibility index (Phi) is 4.89. The highest BCUT2D eigenvalue weighted by atomic mass is 16.2. The number of benzene rings is 1. The van der Waals surface area contributed by atoms with Gasteiger partial charge in [-0.3, -0.25) is 14.7 Å². The van der Waals surface area contributed by atoms with Crippen molar-refractivity contribution in [2.75, 3.05) is 17.2 Å². The lowest BCUT2D eigenvalue weighted by molar-refractivity contribution is -0.114. The van der Waals surface area contributed by atoms with Crippen LogP contribution in [0.3, 0.4) is 0 Å². The number of aromatic amines is 1. The maximum Gasteiger partial charge on any atom is 0.296 e. The molecule has 3 N–H and O–H groups in total. The lowest BCUT2D eigenvalue weighted by atomic mass is 10.1. The molecule has 0 saturated carbocycles. The molecule has 0 atom stereocenters. The molecule has 3 rings (SSSR count). The Morgan fingerprint density at radius 3 is 2.80 bits per heavy atom. The highest BCUT2D eigenvalue weighted by molar-refractivity contribution is 5.88. The maximum atomic E-state index is 12.3. The van der Waals surface area contributed by atoms with Crippen molar-refractivity contribution in [3.8, 4) is 5.82 Å². The van der Waals surface area contributed by atoms with Gasteiger partial charge in [0.1, 0.15) is 17.8 Å². The van der Waals surface area contributed by atoms with Crippen molar-refractivity contribution in [2.24, 2.45) is 0 Å². The third-order valence-corrected chi connectivity index (χ3v) is 3.53. The third-order valence-electron chi connectivity index (χ3n) is 3.53. The first-order chi connectivity index (χ1) is 12.1. The topological polar surface area (TPSA) is 105 Å². The van der Waals surface area contributed by atoms with Gasteiger partial charge in [0.2, 0.25) is 5.91 Å². The number of rotatable bonds is 6. The number of hydrogen-bond donors (Lipinski definition) is 3. The van der Waals surface area contributed by atoms with E-state index in [1.807, 2.05) is 18.2 Å². The second-order valence-corrected chi connectivity index (χ2v) is 5.43. The lowest BCUT2D eigenvalue weighted by Crippen LogP contribution is -2.20. The van der Waals surface area contributed by atoms with Crippen LogP contribution in [-0.2, 0) is 11.2 Å². The maximum absolute atomic E-state index is 12.3. The van der Waals surface area contributed by atoms with Crippen molar-refractivity contribution in [1.82, 2.24) is 19.7 Å². The first-order valence-electron chi connectivity index (χ1n) is 7.82. The van der Waals surface area contributed by atoms with Crippen molar-refractivity contribution in [2.45, 2.75) is 13.3 Å². The fourth-order valence-corrected chi connectivity index (χ4v) is 2.36. The zero-order chi connectivity index (χ0) is 17.6. The molecule has 1 aromatic carbocycles. The molecule has 0 unspecified atom stereocenters. The predicted octanol–water partition coefficient (Wildman–Crippen LogP) is 1.57. The fourth-order valence-electron chi connectivity index (χ4n) is 2.36. The van der Waals surface area contributed by atoms with Crippen LogP contribution >= 0.6 is 0 Å². The number of hydrogen-bond acceptors (Lipinski definition) is 5. The van der Waals surface area contributed by atoms with E-state index in [1.165, 1.54) is 29.7 Å². The van der Waals surface area contributed by atoms with Gasteiger partial charge in [-0.25, -0.2) is 9.97 Å². The number of nitrogens with one attached hydrogen (secondary N) is 3. The normalized spacial score (nSPS) is 10.4. The summed E-state index contributed by atoms with van der Waals surface area (Å²) < 4.78 is 1.25. The Hall–Kier alpha value is -3.42. The van der Waals surface area contributed by atoms with Crippen LogP contribution in [0.5, 0.6) is 0 Å². The van der Waals surface area contributed by atoms with E-state index in [9.17, 15) is 9.59 Å².